The van der Waals surface area contributed by atoms with E-state index in [4.69, 9.17) is 5.73 Å². The van der Waals surface area contributed by atoms with Crippen LogP contribution in [0, 0.1) is 5.92 Å². The van der Waals surface area contributed by atoms with Gasteiger partial charge in [0.15, 0.2) is 0 Å². The van der Waals surface area contributed by atoms with Crippen LogP contribution in [-0.2, 0) is 13.1 Å². The Morgan fingerprint density at radius 2 is 2.24 bits per heavy atom. The zero-order valence-electron chi connectivity index (χ0n) is 10.7. The summed E-state index contributed by atoms with van der Waals surface area (Å²) in [6, 6.07) is 0. The first kappa shape index (κ1) is 12.5. The minimum Gasteiger partial charge on any atom is -0.325 e. The maximum absolute atomic E-state index is 5.50. The predicted octanol–water partition coefficient (Wildman–Crippen LogP) is 0.859. The monoisotopic (exact) mass is 237 g/mol. The summed E-state index contributed by atoms with van der Waals surface area (Å²) in [6.07, 6.45) is 7.59. The third-order valence-electron chi connectivity index (χ3n) is 3.55. The van der Waals surface area contributed by atoms with Crippen molar-refractivity contribution in [2.24, 2.45) is 11.7 Å². The van der Waals surface area contributed by atoms with Gasteiger partial charge in [0.05, 0.1) is 12.2 Å². The zero-order valence-corrected chi connectivity index (χ0v) is 10.7. The Bertz CT molecular complexity index is 329. The van der Waals surface area contributed by atoms with Crippen molar-refractivity contribution >= 4 is 0 Å². The highest BCUT2D eigenvalue weighted by molar-refractivity contribution is 4.90. The number of likely N-dealkylation sites (N-methyl/N-ethyl adjacent to an activating group) is 1. The Hall–Kier alpha value is -0.940. The Balaban J connectivity index is 1.69. The van der Waals surface area contributed by atoms with Gasteiger partial charge in [-0.05, 0) is 25.8 Å². The number of aromatic nitrogens is 3. The summed E-state index contributed by atoms with van der Waals surface area (Å²) < 4.78 is 1.88. The SMILES string of the molecule is CN(CCn1cc(CN)nn1)CC1CCCC1. The number of rotatable bonds is 6. The van der Waals surface area contributed by atoms with Crippen LogP contribution in [0.3, 0.4) is 0 Å². The first-order valence-corrected chi connectivity index (χ1v) is 6.55. The van der Waals surface area contributed by atoms with Crippen molar-refractivity contribution in [1.29, 1.82) is 0 Å². The molecule has 1 saturated carbocycles. The molecule has 1 aromatic rings. The molecule has 0 unspecified atom stereocenters. The molecule has 1 fully saturated rings. The standard InChI is InChI=1S/C12H23N5/c1-16(9-11-4-2-3-5-11)6-7-17-10-12(8-13)14-15-17/h10-11H,2-9,13H2,1H3. The highest BCUT2D eigenvalue weighted by atomic mass is 15.4. The van der Waals surface area contributed by atoms with Gasteiger partial charge in [-0.3, -0.25) is 4.68 Å². The molecule has 1 aliphatic rings. The lowest BCUT2D eigenvalue weighted by atomic mass is 10.1. The second-order valence-corrected chi connectivity index (χ2v) is 5.09. The van der Waals surface area contributed by atoms with Crippen molar-refractivity contribution in [3.05, 3.63) is 11.9 Å². The summed E-state index contributed by atoms with van der Waals surface area (Å²) >= 11 is 0. The minimum atomic E-state index is 0.470. The van der Waals surface area contributed by atoms with Crippen LogP contribution >= 0.6 is 0 Å². The van der Waals surface area contributed by atoms with Gasteiger partial charge in [-0.2, -0.15) is 0 Å². The summed E-state index contributed by atoms with van der Waals surface area (Å²) in [6.45, 7) is 3.62. The van der Waals surface area contributed by atoms with E-state index >= 15 is 0 Å². The summed E-state index contributed by atoms with van der Waals surface area (Å²) in [4.78, 5) is 2.40. The van der Waals surface area contributed by atoms with Crippen molar-refractivity contribution in [3.63, 3.8) is 0 Å². The molecule has 0 aliphatic heterocycles. The molecule has 0 radical (unpaired) electrons. The Morgan fingerprint density at radius 1 is 1.47 bits per heavy atom. The van der Waals surface area contributed by atoms with Crippen molar-refractivity contribution < 1.29 is 0 Å². The first-order valence-electron chi connectivity index (χ1n) is 6.55. The van der Waals surface area contributed by atoms with Crippen LogP contribution < -0.4 is 5.73 Å². The lowest BCUT2D eigenvalue weighted by Gasteiger charge is -2.20. The summed E-state index contributed by atoms with van der Waals surface area (Å²) in [5.74, 6) is 0.912. The molecule has 0 amide bonds. The largest absolute Gasteiger partial charge is 0.325 e. The molecule has 5 nitrogen and oxygen atoms in total. The van der Waals surface area contributed by atoms with E-state index in [1.165, 1.54) is 32.2 Å². The lowest BCUT2D eigenvalue weighted by molar-refractivity contribution is 0.263. The van der Waals surface area contributed by atoms with E-state index in [0.29, 0.717) is 6.54 Å². The molecule has 0 spiro atoms. The van der Waals surface area contributed by atoms with Crippen molar-refractivity contribution in [3.8, 4) is 0 Å². The molecule has 0 aromatic carbocycles. The number of nitrogens with zero attached hydrogens (tertiary/aromatic N) is 4. The van der Waals surface area contributed by atoms with Crippen LogP contribution in [0.4, 0.5) is 0 Å². The van der Waals surface area contributed by atoms with Crippen molar-refractivity contribution in [2.45, 2.75) is 38.8 Å². The van der Waals surface area contributed by atoms with Crippen LogP contribution in [0.2, 0.25) is 0 Å². The molecular formula is C12H23N5. The minimum absolute atomic E-state index is 0.470. The molecule has 1 aromatic heterocycles. The van der Waals surface area contributed by atoms with Crippen LogP contribution in [0.15, 0.2) is 6.20 Å². The first-order chi connectivity index (χ1) is 8.28. The van der Waals surface area contributed by atoms with Crippen molar-refractivity contribution in [2.75, 3.05) is 20.1 Å². The predicted molar refractivity (Wildman–Crippen MR) is 67.4 cm³/mol. The third-order valence-corrected chi connectivity index (χ3v) is 3.55. The van der Waals surface area contributed by atoms with E-state index in [0.717, 1.165) is 24.7 Å². The van der Waals surface area contributed by atoms with Gasteiger partial charge in [-0.1, -0.05) is 18.1 Å². The number of nitrogens with two attached hydrogens (primary N) is 1. The van der Waals surface area contributed by atoms with Crippen molar-refractivity contribution in [1.82, 2.24) is 19.9 Å². The molecule has 0 bridgehead atoms. The third kappa shape index (κ3) is 3.78. The fourth-order valence-corrected chi connectivity index (χ4v) is 2.54. The Labute approximate surface area is 103 Å². The average molecular weight is 237 g/mol. The Morgan fingerprint density at radius 3 is 2.88 bits per heavy atom. The molecule has 0 saturated heterocycles. The number of hydrogen-bond donors (Lipinski definition) is 1. The van der Waals surface area contributed by atoms with Crippen LogP contribution in [0.5, 0.6) is 0 Å². The molecule has 0 atom stereocenters. The van der Waals surface area contributed by atoms with Gasteiger partial charge in [0, 0.05) is 25.8 Å². The van der Waals surface area contributed by atoms with Gasteiger partial charge in [-0.15, -0.1) is 5.10 Å². The van der Waals surface area contributed by atoms with Gasteiger partial charge in [0.1, 0.15) is 0 Å². The normalized spacial score (nSPS) is 17.1. The average Bonchev–Trinajstić information content (AvgIpc) is 2.96. The maximum Gasteiger partial charge on any atom is 0.0962 e. The van der Waals surface area contributed by atoms with Gasteiger partial charge < -0.3 is 10.6 Å². The van der Waals surface area contributed by atoms with E-state index in [-0.39, 0.29) is 0 Å². The zero-order chi connectivity index (χ0) is 12.1. The molecular weight excluding hydrogens is 214 g/mol. The fourth-order valence-electron chi connectivity index (χ4n) is 2.54. The van der Waals surface area contributed by atoms with E-state index in [1.807, 2.05) is 10.9 Å². The second kappa shape index (κ2) is 6.12. The van der Waals surface area contributed by atoms with Crippen LogP contribution in [0.1, 0.15) is 31.4 Å². The van der Waals surface area contributed by atoms with Gasteiger partial charge in [0.25, 0.3) is 0 Å². The highest BCUT2D eigenvalue weighted by Crippen LogP contribution is 2.24. The lowest BCUT2D eigenvalue weighted by Crippen LogP contribution is -2.28. The smallest absolute Gasteiger partial charge is 0.0962 e. The molecule has 2 N–H and O–H groups in total. The van der Waals surface area contributed by atoms with E-state index < -0.39 is 0 Å². The van der Waals surface area contributed by atoms with Gasteiger partial charge >= 0.3 is 0 Å². The molecule has 96 valence electrons. The maximum atomic E-state index is 5.50. The van der Waals surface area contributed by atoms with E-state index in [2.05, 4.69) is 22.3 Å². The molecule has 5 heteroatoms. The van der Waals surface area contributed by atoms with Gasteiger partial charge in [-0.25, -0.2) is 0 Å². The number of hydrogen-bond acceptors (Lipinski definition) is 4. The van der Waals surface area contributed by atoms with Crippen LogP contribution in [0.25, 0.3) is 0 Å². The second-order valence-electron chi connectivity index (χ2n) is 5.09. The topological polar surface area (TPSA) is 60.0 Å². The molecule has 17 heavy (non-hydrogen) atoms. The van der Waals surface area contributed by atoms with Crippen LogP contribution in [-0.4, -0.2) is 40.0 Å². The van der Waals surface area contributed by atoms with E-state index in [9.17, 15) is 0 Å². The molecule has 1 heterocycles. The Kier molecular flexibility index (Phi) is 4.50. The van der Waals surface area contributed by atoms with Gasteiger partial charge in [0.2, 0.25) is 0 Å². The quantitative estimate of drug-likeness (QED) is 0.797. The molecule has 1 aliphatic carbocycles. The van der Waals surface area contributed by atoms with E-state index in [1.54, 1.807) is 0 Å². The molecule has 2 rings (SSSR count). The fraction of sp³-hybridized carbons (Fsp3) is 0.833. The summed E-state index contributed by atoms with van der Waals surface area (Å²) in [5, 5.41) is 8.04. The summed E-state index contributed by atoms with van der Waals surface area (Å²) in [5.41, 5.74) is 6.37. The highest BCUT2D eigenvalue weighted by Gasteiger charge is 2.16. The summed E-state index contributed by atoms with van der Waals surface area (Å²) in [7, 11) is 2.19.